The molecule has 2 aliphatic heterocycles. The van der Waals surface area contributed by atoms with Crippen molar-refractivity contribution in [3.63, 3.8) is 0 Å². The van der Waals surface area contributed by atoms with Crippen LogP contribution in [-0.4, -0.2) is 53.3 Å². The lowest BCUT2D eigenvalue weighted by Gasteiger charge is -2.35. The summed E-state index contributed by atoms with van der Waals surface area (Å²) < 4.78 is 5.90. The fourth-order valence-electron chi connectivity index (χ4n) is 4.35. The maximum Gasteiger partial charge on any atom is 0.137 e. The van der Waals surface area contributed by atoms with Gasteiger partial charge in [0.15, 0.2) is 0 Å². The van der Waals surface area contributed by atoms with Crippen LogP contribution in [0.15, 0.2) is 18.3 Å². The number of nitrogens with zero attached hydrogens (tertiary/aromatic N) is 2. The molecule has 5 heteroatoms. The molecule has 2 aromatic rings. The largest absolute Gasteiger partial charge is 0.373 e. The van der Waals surface area contributed by atoms with Crippen molar-refractivity contribution >= 4 is 11.0 Å². The molecule has 0 amide bonds. The molecular weight excluding hydrogens is 300 g/mol. The SMILES string of the molecule is C[C@@H]1CN(Cc2c([C@H]3CCCNC3)[nH]c3ncccc23)C[C@H](C)O1. The highest BCUT2D eigenvalue weighted by Crippen LogP contribution is 2.32. The molecule has 130 valence electrons. The first-order valence-corrected chi connectivity index (χ1v) is 9.24. The number of rotatable bonds is 3. The van der Waals surface area contributed by atoms with E-state index in [1.165, 1.54) is 29.5 Å². The van der Waals surface area contributed by atoms with Gasteiger partial charge in [0.25, 0.3) is 0 Å². The molecule has 2 aromatic heterocycles. The van der Waals surface area contributed by atoms with Crippen LogP contribution >= 0.6 is 0 Å². The second-order valence-corrected chi connectivity index (χ2v) is 7.41. The lowest BCUT2D eigenvalue weighted by Crippen LogP contribution is -2.45. The van der Waals surface area contributed by atoms with Crippen molar-refractivity contribution in [2.24, 2.45) is 0 Å². The molecule has 2 fully saturated rings. The monoisotopic (exact) mass is 328 g/mol. The van der Waals surface area contributed by atoms with Crippen LogP contribution in [0, 0.1) is 0 Å². The number of morpholine rings is 1. The van der Waals surface area contributed by atoms with E-state index in [4.69, 9.17) is 4.74 Å². The van der Waals surface area contributed by atoms with Crippen LogP contribution in [0.1, 0.15) is 43.9 Å². The first-order valence-electron chi connectivity index (χ1n) is 9.24. The fraction of sp³-hybridized carbons (Fsp3) is 0.632. The Bertz CT molecular complexity index is 682. The molecule has 0 aliphatic carbocycles. The van der Waals surface area contributed by atoms with Gasteiger partial charge < -0.3 is 15.0 Å². The highest BCUT2D eigenvalue weighted by Gasteiger charge is 2.27. The van der Waals surface area contributed by atoms with Crippen molar-refractivity contribution in [3.05, 3.63) is 29.6 Å². The first-order chi connectivity index (χ1) is 11.7. The van der Waals surface area contributed by atoms with Gasteiger partial charge in [0.05, 0.1) is 12.2 Å². The summed E-state index contributed by atoms with van der Waals surface area (Å²) in [7, 11) is 0. The van der Waals surface area contributed by atoms with E-state index in [1.54, 1.807) is 0 Å². The van der Waals surface area contributed by atoms with Crippen molar-refractivity contribution in [1.29, 1.82) is 0 Å². The van der Waals surface area contributed by atoms with E-state index < -0.39 is 0 Å². The molecule has 2 N–H and O–H groups in total. The topological polar surface area (TPSA) is 53.2 Å². The van der Waals surface area contributed by atoms with Gasteiger partial charge >= 0.3 is 0 Å². The molecule has 24 heavy (non-hydrogen) atoms. The summed E-state index contributed by atoms with van der Waals surface area (Å²) in [5, 5.41) is 4.83. The van der Waals surface area contributed by atoms with Gasteiger partial charge in [0.2, 0.25) is 0 Å². The van der Waals surface area contributed by atoms with Gasteiger partial charge in [-0.2, -0.15) is 0 Å². The zero-order valence-electron chi connectivity index (χ0n) is 14.7. The number of H-pyrrole nitrogens is 1. The summed E-state index contributed by atoms with van der Waals surface area (Å²) in [5.41, 5.74) is 3.86. The van der Waals surface area contributed by atoms with Crippen LogP contribution in [0.4, 0.5) is 0 Å². The Kier molecular flexibility index (Phi) is 4.57. The summed E-state index contributed by atoms with van der Waals surface area (Å²) in [5.74, 6) is 0.568. The Balaban J connectivity index is 1.67. The number of pyridine rings is 1. The predicted molar refractivity (Wildman–Crippen MR) is 96.2 cm³/mol. The van der Waals surface area contributed by atoms with Crippen molar-refractivity contribution in [1.82, 2.24) is 20.2 Å². The highest BCUT2D eigenvalue weighted by molar-refractivity contribution is 5.81. The molecule has 0 spiro atoms. The maximum absolute atomic E-state index is 5.90. The molecule has 0 unspecified atom stereocenters. The second kappa shape index (κ2) is 6.82. The zero-order valence-corrected chi connectivity index (χ0v) is 14.7. The third-order valence-corrected chi connectivity index (χ3v) is 5.29. The standard InChI is InChI=1S/C19H28N4O/c1-13-10-23(11-14(2)24-13)12-17-16-6-4-8-21-19(16)22-18(17)15-5-3-7-20-9-15/h4,6,8,13-15,20H,3,5,7,9-12H2,1-2H3,(H,21,22)/t13-,14+,15-/m0/s1. The van der Waals surface area contributed by atoms with E-state index in [0.29, 0.717) is 18.1 Å². The van der Waals surface area contributed by atoms with Crippen LogP contribution in [0.3, 0.4) is 0 Å². The van der Waals surface area contributed by atoms with Gasteiger partial charge in [-0.25, -0.2) is 4.98 Å². The number of hydrogen-bond donors (Lipinski definition) is 2. The molecule has 0 bridgehead atoms. The van der Waals surface area contributed by atoms with Crippen LogP contribution in [0.5, 0.6) is 0 Å². The molecule has 3 atom stereocenters. The average Bonchev–Trinajstić information content (AvgIpc) is 2.94. The quantitative estimate of drug-likeness (QED) is 0.909. The van der Waals surface area contributed by atoms with E-state index in [9.17, 15) is 0 Å². The number of ether oxygens (including phenoxy) is 1. The number of aromatic amines is 1. The molecule has 2 saturated heterocycles. The van der Waals surface area contributed by atoms with Gasteiger partial charge in [-0.05, 0) is 50.9 Å². The summed E-state index contributed by atoms with van der Waals surface area (Å²) in [4.78, 5) is 10.7. The summed E-state index contributed by atoms with van der Waals surface area (Å²) in [6, 6.07) is 4.26. The summed E-state index contributed by atoms with van der Waals surface area (Å²) >= 11 is 0. The van der Waals surface area contributed by atoms with Gasteiger partial charge in [-0.1, -0.05) is 0 Å². The second-order valence-electron chi connectivity index (χ2n) is 7.41. The Morgan fingerprint density at radius 3 is 2.88 bits per heavy atom. The Morgan fingerprint density at radius 1 is 1.29 bits per heavy atom. The lowest BCUT2D eigenvalue weighted by molar-refractivity contribution is -0.0704. The Morgan fingerprint density at radius 2 is 2.12 bits per heavy atom. The molecule has 5 nitrogen and oxygen atoms in total. The number of piperidine rings is 1. The van der Waals surface area contributed by atoms with E-state index in [0.717, 1.165) is 38.4 Å². The molecule has 0 saturated carbocycles. The average molecular weight is 328 g/mol. The molecular formula is C19H28N4O. The van der Waals surface area contributed by atoms with E-state index >= 15 is 0 Å². The molecule has 0 aromatic carbocycles. The normalized spacial score (nSPS) is 29.2. The number of fused-ring (bicyclic) bond motifs is 1. The molecule has 0 radical (unpaired) electrons. The van der Waals surface area contributed by atoms with Crippen LogP contribution in [-0.2, 0) is 11.3 Å². The first kappa shape index (κ1) is 16.1. The third-order valence-electron chi connectivity index (χ3n) is 5.29. The van der Waals surface area contributed by atoms with E-state index in [2.05, 4.69) is 40.1 Å². The molecule has 4 rings (SSSR count). The van der Waals surface area contributed by atoms with Gasteiger partial charge in [0, 0.05) is 49.4 Å². The number of nitrogens with one attached hydrogen (secondary N) is 2. The van der Waals surface area contributed by atoms with E-state index in [-0.39, 0.29) is 0 Å². The van der Waals surface area contributed by atoms with Crippen molar-refractivity contribution < 1.29 is 4.74 Å². The summed E-state index contributed by atoms with van der Waals surface area (Å²) in [6.07, 6.45) is 4.99. The zero-order chi connectivity index (χ0) is 16.5. The molecule has 4 heterocycles. The highest BCUT2D eigenvalue weighted by atomic mass is 16.5. The van der Waals surface area contributed by atoms with Crippen molar-refractivity contribution in [3.8, 4) is 0 Å². The minimum Gasteiger partial charge on any atom is -0.373 e. The van der Waals surface area contributed by atoms with Crippen molar-refractivity contribution in [2.75, 3.05) is 26.2 Å². The van der Waals surface area contributed by atoms with Crippen LogP contribution in [0.25, 0.3) is 11.0 Å². The molecule has 2 aliphatic rings. The summed E-state index contributed by atoms with van der Waals surface area (Å²) in [6.45, 7) is 9.53. The minimum absolute atomic E-state index is 0.303. The van der Waals surface area contributed by atoms with Crippen LogP contribution < -0.4 is 5.32 Å². The van der Waals surface area contributed by atoms with Crippen LogP contribution in [0.2, 0.25) is 0 Å². The number of aromatic nitrogens is 2. The maximum atomic E-state index is 5.90. The minimum atomic E-state index is 0.303. The van der Waals surface area contributed by atoms with Crippen molar-refractivity contribution in [2.45, 2.75) is 51.4 Å². The Labute approximate surface area is 143 Å². The van der Waals surface area contributed by atoms with Gasteiger partial charge in [-0.15, -0.1) is 0 Å². The van der Waals surface area contributed by atoms with Gasteiger partial charge in [0.1, 0.15) is 5.65 Å². The predicted octanol–water partition coefficient (Wildman–Crippen LogP) is 2.64. The fourth-order valence-corrected chi connectivity index (χ4v) is 4.35. The lowest BCUT2D eigenvalue weighted by atomic mass is 9.93. The smallest absolute Gasteiger partial charge is 0.137 e. The third kappa shape index (κ3) is 3.21. The number of hydrogen-bond acceptors (Lipinski definition) is 4. The Hall–Kier alpha value is -1.43. The van der Waals surface area contributed by atoms with E-state index in [1.807, 2.05) is 12.3 Å². The van der Waals surface area contributed by atoms with Gasteiger partial charge in [-0.3, -0.25) is 4.90 Å².